The molecule has 2 aromatic heterocycles. The first kappa shape index (κ1) is 18.3. The summed E-state index contributed by atoms with van der Waals surface area (Å²) >= 11 is 0. The SMILES string of the molecule is Cc1noc(C)c1CCC(=O)NCc1cc(-c2ccc3c(c2)O[C@H](C)C3)on1. The second kappa shape index (κ2) is 7.50. The first-order chi connectivity index (χ1) is 13.5. The van der Waals surface area contributed by atoms with Gasteiger partial charge >= 0.3 is 0 Å². The van der Waals surface area contributed by atoms with Crippen LogP contribution in [0.3, 0.4) is 0 Å². The van der Waals surface area contributed by atoms with Crippen LogP contribution in [0.15, 0.2) is 33.3 Å². The Labute approximate surface area is 163 Å². The number of rotatable bonds is 6. The van der Waals surface area contributed by atoms with Crippen molar-refractivity contribution in [2.75, 3.05) is 0 Å². The van der Waals surface area contributed by atoms with Gasteiger partial charge in [0.05, 0.1) is 12.2 Å². The van der Waals surface area contributed by atoms with Gasteiger partial charge in [-0.15, -0.1) is 0 Å². The van der Waals surface area contributed by atoms with E-state index in [2.05, 4.69) is 28.6 Å². The highest BCUT2D eigenvalue weighted by Crippen LogP contribution is 2.33. The van der Waals surface area contributed by atoms with E-state index in [1.807, 2.05) is 32.0 Å². The van der Waals surface area contributed by atoms with Crippen molar-refractivity contribution in [1.29, 1.82) is 0 Å². The molecular weight excluding hydrogens is 358 g/mol. The second-order valence-electron chi connectivity index (χ2n) is 7.22. The average molecular weight is 381 g/mol. The summed E-state index contributed by atoms with van der Waals surface area (Å²) < 4.78 is 16.4. The highest BCUT2D eigenvalue weighted by Gasteiger charge is 2.20. The molecule has 0 unspecified atom stereocenters. The molecule has 1 aliphatic heterocycles. The molecule has 0 fully saturated rings. The van der Waals surface area contributed by atoms with Crippen LogP contribution in [0.1, 0.15) is 41.6 Å². The van der Waals surface area contributed by atoms with Crippen LogP contribution in [-0.4, -0.2) is 22.3 Å². The lowest BCUT2D eigenvalue weighted by atomic mass is 10.1. The topological polar surface area (TPSA) is 90.4 Å². The Morgan fingerprint density at radius 2 is 2.07 bits per heavy atom. The van der Waals surface area contributed by atoms with Crippen LogP contribution >= 0.6 is 0 Å². The standard InChI is InChI=1S/C21H23N3O4/c1-12-8-15-4-5-16(9-19(15)26-12)20-10-17(24-28-20)11-22-21(25)7-6-18-13(2)23-27-14(18)3/h4-5,9-10,12H,6-8,11H2,1-3H3,(H,22,25)/t12-/m1/s1. The largest absolute Gasteiger partial charge is 0.490 e. The molecule has 3 aromatic rings. The van der Waals surface area contributed by atoms with Crippen LogP contribution in [0.4, 0.5) is 0 Å². The summed E-state index contributed by atoms with van der Waals surface area (Å²) in [6, 6.07) is 7.89. The summed E-state index contributed by atoms with van der Waals surface area (Å²) in [6.45, 7) is 6.11. The highest BCUT2D eigenvalue weighted by atomic mass is 16.5. The van der Waals surface area contributed by atoms with E-state index < -0.39 is 0 Å². The highest BCUT2D eigenvalue weighted by molar-refractivity contribution is 5.76. The zero-order valence-corrected chi connectivity index (χ0v) is 16.2. The quantitative estimate of drug-likeness (QED) is 0.703. The Balaban J connectivity index is 1.33. The molecule has 0 saturated carbocycles. The summed E-state index contributed by atoms with van der Waals surface area (Å²) in [5, 5.41) is 10.8. The van der Waals surface area contributed by atoms with E-state index in [9.17, 15) is 4.79 Å². The Bertz CT molecular complexity index is 986. The van der Waals surface area contributed by atoms with E-state index in [1.165, 1.54) is 5.56 Å². The van der Waals surface area contributed by atoms with Crippen molar-refractivity contribution in [1.82, 2.24) is 15.6 Å². The molecule has 1 atom stereocenters. The van der Waals surface area contributed by atoms with Crippen molar-refractivity contribution in [3.63, 3.8) is 0 Å². The van der Waals surface area contributed by atoms with E-state index >= 15 is 0 Å². The third-order valence-corrected chi connectivity index (χ3v) is 5.00. The first-order valence-electron chi connectivity index (χ1n) is 9.43. The number of fused-ring (bicyclic) bond motifs is 1. The van der Waals surface area contributed by atoms with Gasteiger partial charge in [0.15, 0.2) is 5.76 Å². The van der Waals surface area contributed by atoms with Gasteiger partial charge in [0, 0.05) is 30.0 Å². The number of carbonyl (C=O) groups is 1. The number of aryl methyl sites for hydroxylation is 2. The number of nitrogens with one attached hydrogen (secondary N) is 1. The molecule has 0 spiro atoms. The van der Waals surface area contributed by atoms with E-state index in [0.29, 0.717) is 30.8 Å². The molecular formula is C21H23N3O4. The van der Waals surface area contributed by atoms with Gasteiger partial charge in [0.25, 0.3) is 0 Å². The Morgan fingerprint density at radius 3 is 2.86 bits per heavy atom. The maximum atomic E-state index is 12.1. The first-order valence-corrected chi connectivity index (χ1v) is 9.43. The van der Waals surface area contributed by atoms with Crippen LogP contribution in [0, 0.1) is 13.8 Å². The van der Waals surface area contributed by atoms with Gasteiger partial charge in [-0.05, 0) is 38.8 Å². The fraction of sp³-hybridized carbons (Fsp3) is 0.381. The van der Waals surface area contributed by atoms with Gasteiger partial charge in [-0.25, -0.2) is 0 Å². The van der Waals surface area contributed by atoms with Crippen LogP contribution < -0.4 is 10.1 Å². The second-order valence-corrected chi connectivity index (χ2v) is 7.22. The zero-order valence-electron chi connectivity index (χ0n) is 16.2. The van der Waals surface area contributed by atoms with Crippen molar-refractivity contribution >= 4 is 5.91 Å². The number of aromatic nitrogens is 2. The molecule has 7 heteroatoms. The fourth-order valence-electron chi connectivity index (χ4n) is 3.46. The van der Waals surface area contributed by atoms with Gasteiger partial charge in [-0.2, -0.15) is 0 Å². The predicted octanol–water partition coefficient (Wildman–Crippen LogP) is 3.52. The molecule has 3 heterocycles. The molecule has 0 radical (unpaired) electrons. The summed E-state index contributed by atoms with van der Waals surface area (Å²) in [5.74, 6) is 2.27. The third kappa shape index (κ3) is 3.78. The van der Waals surface area contributed by atoms with Crippen molar-refractivity contribution < 1.29 is 18.6 Å². The zero-order chi connectivity index (χ0) is 19.7. The van der Waals surface area contributed by atoms with Crippen molar-refractivity contribution in [3.8, 4) is 17.1 Å². The minimum Gasteiger partial charge on any atom is -0.490 e. The monoisotopic (exact) mass is 381 g/mol. The summed E-state index contributed by atoms with van der Waals surface area (Å²) in [6.07, 6.45) is 2.10. The van der Waals surface area contributed by atoms with Gasteiger partial charge in [-0.1, -0.05) is 22.4 Å². The molecule has 7 nitrogen and oxygen atoms in total. The lowest BCUT2D eigenvalue weighted by molar-refractivity contribution is -0.121. The van der Waals surface area contributed by atoms with Gasteiger partial charge in [0.1, 0.15) is 23.3 Å². The Hall–Kier alpha value is -3.09. The van der Waals surface area contributed by atoms with Gasteiger partial charge in [-0.3, -0.25) is 4.79 Å². The number of ether oxygens (including phenoxy) is 1. The van der Waals surface area contributed by atoms with Gasteiger partial charge in [0.2, 0.25) is 5.91 Å². The Morgan fingerprint density at radius 1 is 1.21 bits per heavy atom. The molecule has 1 aliphatic rings. The fourth-order valence-corrected chi connectivity index (χ4v) is 3.46. The lowest BCUT2D eigenvalue weighted by Crippen LogP contribution is -2.23. The minimum atomic E-state index is -0.0514. The van der Waals surface area contributed by atoms with E-state index in [0.717, 1.165) is 34.8 Å². The van der Waals surface area contributed by atoms with Crippen LogP contribution in [0.2, 0.25) is 0 Å². The minimum absolute atomic E-state index is 0.0514. The van der Waals surface area contributed by atoms with E-state index in [-0.39, 0.29) is 12.0 Å². The van der Waals surface area contributed by atoms with Crippen molar-refractivity contribution in [2.24, 2.45) is 0 Å². The van der Waals surface area contributed by atoms with E-state index in [1.54, 1.807) is 0 Å². The molecule has 1 N–H and O–H groups in total. The maximum Gasteiger partial charge on any atom is 0.220 e. The molecule has 1 amide bonds. The number of amides is 1. The number of hydrogen-bond donors (Lipinski definition) is 1. The molecule has 0 bridgehead atoms. The van der Waals surface area contributed by atoms with Crippen molar-refractivity contribution in [3.05, 3.63) is 52.5 Å². The molecule has 0 aliphatic carbocycles. The molecule has 1 aromatic carbocycles. The lowest BCUT2D eigenvalue weighted by Gasteiger charge is -2.03. The maximum absolute atomic E-state index is 12.1. The smallest absolute Gasteiger partial charge is 0.220 e. The molecule has 4 rings (SSSR count). The molecule has 0 saturated heterocycles. The van der Waals surface area contributed by atoms with Gasteiger partial charge < -0.3 is 19.1 Å². The number of nitrogens with zero attached hydrogens (tertiary/aromatic N) is 2. The normalized spacial score (nSPS) is 15.3. The summed E-state index contributed by atoms with van der Waals surface area (Å²) in [7, 11) is 0. The van der Waals surface area contributed by atoms with Crippen LogP contribution in [-0.2, 0) is 24.2 Å². The summed E-state index contributed by atoms with van der Waals surface area (Å²) in [5.41, 5.74) is 4.62. The number of hydrogen-bond acceptors (Lipinski definition) is 6. The average Bonchev–Trinajstić information content (AvgIpc) is 3.36. The summed E-state index contributed by atoms with van der Waals surface area (Å²) in [4.78, 5) is 12.1. The van der Waals surface area contributed by atoms with E-state index in [4.69, 9.17) is 13.8 Å². The molecule has 28 heavy (non-hydrogen) atoms. The Kier molecular flexibility index (Phi) is 4.90. The third-order valence-electron chi connectivity index (χ3n) is 5.00. The van der Waals surface area contributed by atoms with Crippen LogP contribution in [0.5, 0.6) is 5.75 Å². The predicted molar refractivity (Wildman–Crippen MR) is 102 cm³/mol. The number of benzene rings is 1. The van der Waals surface area contributed by atoms with Crippen molar-refractivity contribution in [2.45, 2.75) is 52.7 Å². The number of carbonyl (C=O) groups excluding carboxylic acids is 1. The van der Waals surface area contributed by atoms with Crippen LogP contribution in [0.25, 0.3) is 11.3 Å². The molecule has 146 valence electrons.